The van der Waals surface area contributed by atoms with Crippen LogP contribution in [0.4, 0.5) is 10.1 Å². The van der Waals surface area contributed by atoms with Crippen LogP contribution in [0.3, 0.4) is 0 Å². The van der Waals surface area contributed by atoms with Gasteiger partial charge in [-0.2, -0.15) is 0 Å². The van der Waals surface area contributed by atoms with Crippen molar-refractivity contribution in [1.29, 1.82) is 0 Å². The van der Waals surface area contributed by atoms with Crippen LogP contribution in [-0.2, 0) is 6.42 Å². The molecule has 0 aliphatic heterocycles. The number of hydrogen-bond donors (Lipinski definition) is 2. The van der Waals surface area contributed by atoms with Gasteiger partial charge in [-0.3, -0.25) is 0 Å². The normalized spacial score (nSPS) is 10.3. The Morgan fingerprint density at radius 3 is 2.50 bits per heavy atom. The first kappa shape index (κ1) is 14.3. The molecular weight excluding hydrogens is 281 g/mol. The van der Waals surface area contributed by atoms with Gasteiger partial charge in [0.05, 0.1) is 10.6 Å². The Hall–Kier alpha value is -2.07. The highest BCUT2D eigenvalue weighted by molar-refractivity contribution is 6.33. The number of carboxylic acids is 1. The predicted octanol–water partition coefficient (Wildman–Crippen LogP) is 3.83. The van der Waals surface area contributed by atoms with Gasteiger partial charge in [-0.1, -0.05) is 23.7 Å². The highest BCUT2D eigenvalue weighted by atomic mass is 35.5. The van der Waals surface area contributed by atoms with Crippen molar-refractivity contribution in [3.63, 3.8) is 0 Å². The Balaban J connectivity index is 1.92. The van der Waals surface area contributed by atoms with Gasteiger partial charge in [0.2, 0.25) is 0 Å². The van der Waals surface area contributed by atoms with E-state index in [1.54, 1.807) is 24.3 Å². The standard InChI is InChI=1S/C15H13ClFNO2/c16-14-9-12(5-6-13(14)15(19)20)18-8-7-10-1-3-11(17)4-2-10/h1-6,9,18H,7-8H2,(H,19,20). The van der Waals surface area contributed by atoms with E-state index >= 15 is 0 Å². The number of nitrogens with one attached hydrogen (secondary N) is 1. The van der Waals surface area contributed by atoms with E-state index in [0.717, 1.165) is 17.7 Å². The van der Waals surface area contributed by atoms with Gasteiger partial charge in [0.15, 0.2) is 0 Å². The van der Waals surface area contributed by atoms with Gasteiger partial charge in [0, 0.05) is 12.2 Å². The zero-order valence-electron chi connectivity index (χ0n) is 10.6. The number of carbonyl (C=O) groups is 1. The summed E-state index contributed by atoms with van der Waals surface area (Å²) in [5.74, 6) is -1.30. The Bertz CT molecular complexity index is 614. The number of carboxylic acid groups (broad SMARTS) is 1. The number of halogens is 2. The second-order valence-corrected chi connectivity index (χ2v) is 4.71. The molecule has 0 fully saturated rings. The minimum absolute atomic E-state index is 0.0794. The van der Waals surface area contributed by atoms with E-state index in [-0.39, 0.29) is 16.4 Å². The van der Waals surface area contributed by atoms with Crippen LogP contribution >= 0.6 is 11.6 Å². The molecule has 2 aromatic carbocycles. The van der Waals surface area contributed by atoms with E-state index in [9.17, 15) is 9.18 Å². The molecule has 3 nitrogen and oxygen atoms in total. The van der Waals surface area contributed by atoms with Crippen LogP contribution < -0.4 is 5.32 Å². The minimum atomic E-state index is -1.05. The van der Waals surface area contributed by atoms with E-state index in [2.05, 4.69) is 5.32 Å². The summed E-state index contributed by atoms with van der Waals surface area (Å²) >= 11 is 5.88. The molecule has 20 heavy (non-hydrogen) atoms. The molecule has 0 spiro atoms. The zero-order chi connectivity index (χ0) is 14.5. The van der Waals surface area contributed by atoms with Crippen LogP contribution in [0.2, 0.25) is 5.02 Å². The number of hydrogen-bond acceptors (Lipinski definition) is 2. The van der Waals surface area contributed by atoms with Gasteiger partial charge < -0.3 is 10.4 Å². The Kier molecular flexibility index (Phi) is 4.58. The molecule has 0 aliphatic rings. The molecule has 0 aliphatic carbocycles. The van der Waals surface area contributed by atoms with Gasteiger partial charge >= 0.3 is 5.97 Å². The lowest BCUT2D eigenvalue weighted by atomic mass is 10.1. The molecule has 0 atom stereocenters. The number of anilines is 1. The van der Waals surface area contributed by atoms with Crippen LogP contribution in [0, 0.1) is 5.82 Å². The molecule has 2 rings (SSSR count). The first-order chi connectivity index (χ1) is 9.56. The molecule has 2 aromatic rings. The van der Waals surface area contributed by atoms with E-state index in [4.69, 9.17) is 16.7 Å². The van der Waals surface area contributed by atoms with Crippen LogP contribution in [0.1, 0.15) is 15.9 Å². The van der Waals surface area contributed by atoms with Crippen molar-refractivity contribution in [2.24, 2.45) is 0 Å². The quantitative estimate of drug-likeness (QED) is 0.881. The first-order valence-corrected chi connectivity index (χ1v) is 6.45. The van der Waals surface area contributed by atoms with Crippen molar-refractivity contribution >= 4 is 23.3 Å². The largest absolute Gasteiger partial charge is 0.478 e. The lowest BCUT2D eigenvalue weighted by Crippen LogP contribution is -2.05. The highest BCUT2D eigenvalue weighted by Gasteiger charge is 2.08. The topological polar surface area (TPSA) is 49.3 Å². The van der Waals surface area contributed by atoms with E-state index in [1.165, 1.54) is 18.2 Å². The van der Waals surface area contributed by atoms with Crippen LogP contribution in [0.15, 0.2) is 42.5 Å². The van der Waals surface area contributed by atoms with Crippen molar-refractivity contribution in [1.82, 2.24) is 0 Å². The van der Waals surface area contributed by atoms with Crippen LogP contribution in [-0.4, -0.2) is 17.6 Å². The molecule has 5 heteroatoms. The molecule has 0 radical (unpaired) electrons. The lowest BCUT2D eigenvalue weighted by Gasteiger charge is -2.08. The van der Waals surface area contributed by atoms with Gasteiger partial charge in [-0.25, -0.2) is 9.18 Å². The van der Waals surface area contributed by atoms with Crippen molar-refractivity contribution in [2.45, 2.75) is 6.42 Å². The lowest BCUT2D eigenvalue weighted by molar-refractivity contribution is 0.0697. The SMILES string of the molecule is O=C(O)c1ccc(NCCc2ccc(F)cc2)cc1Cl. The summed E-state index contributed by atoms with van der Waals surface area (Å²) in [6, 6.07) is 11.0. The Morgan fingerprint density at radius 1 is 1.20 bits per heavy atom. The van der Waals surface area contributed by atoms with E-state index < -0.39 is 5.97 Å². The third-order valence-corrected chi connectivity index (χ3v) is 3.17. The predicted molar refractivity (Wildman–Crippen MR) is 77.0 cm³/mol. The summed E-state index contributed by atoms with van der Waals surface area (Å²) in [5.41, 5.74) is 1.85. The fourth-order valence-corrected chi connectivity index (χ4v) is 2.06. The molecule has 0 aromatic heterocycles. The van der Waals surface area contributed by atoms with Crippen molar-refractivity contribution < 1.29 is 14.3 Å². The summed E-state index contributed by atoms with van der Waals surface area (Å²) in [7, 11) is 0. The third-order valence-electron chi connectivity index (χ3n) is 2.86. The van der Waals surface area contributed by atoms with Gasteiger partial charge in [-0.05, 0) is 42.3 Å². The summed E-state index contributed by atoms with van der Waals surface area (Å²) in [6.45, 7) is 0.647. The summed E-state index contributed by atoms with van der Waals surface area (Å²) in [5, 5.41) is 12.2. The fourth-order valence-electron chi connectivity index (χ4n) is 1.80. The van der Waals surface area contributed by atoms with Crippen molar-refractivity contribution in [3.8, 4) is 0 Å². The third kappa shape index (κ3) is 3.71. The second-order valence-electron chi connectivity index (χ2n) is 4.30. The summed E-state index contributed by atoms with van der Waals surface area (Å²) < 4.78 is 12.7. The fraction of sp³-hybridized carbons (Fsp3) is 0.133. The van der Waals surface area contributed by atoms with Crippen molar-refractivity contribution in [2.75, 3.05) is 11.9 Å². The van der Waals surface area contributed by atoms with Gasteiger partial charge in [-0.15, -0.1) is 0 Å². The van der Waals surface area contributed by atoms with E-state index in [0.29, 0.717) is 6.54 Å². The Labute approximate surface area is 121 Å². The van der Waals surface area contributed by atoms with Crippen molar-refractivity contribution in [3.05, 3.63) is 64.4 Å². The number of rotatable bonds is 5. The first-order valence-electron chi connectivity index (χ1n) is 6.07. The molecule has 0 unspecified atom stereocenters. The van der Waals surface area contributed by atoms with Crippen LogP contribution in [0.5, 0.6) is 0 Å². The molecular formula is C15H13ClFNO2. The molecule has 0 amide bonds. The molecule has 0 bridgehead atoms. The summed E-state index contributed by atoms with van der Waals surface area (Å²) in [4.78, 5) is 10.8. The average molecular weight is 294 g/mol. The smallest absolute Gasteiger partial charge is 0.337 e. The number of benzene rings is 2. The second kappa shape index (κ2) is 6.39. The Morgan fingerprint density at radius 2 is 1.90 bits per heavy atom. The number of aromatic carboxylic acids is 1. The maximum Gasteiger partial charge on any atom is 0.337 e. The average Bonchev–Trinajstić information content (AvgIpc) is 2.41. The summed E-state index contributed by atoms with van der Waals surface area (Å²) in [6.07, 6.45) is 0.735. The minimum Gasteiger partial charge on any atom is -0.478 e. The maximum atomic E-state index is 12.7. The van der Waals surface area contributed by atoms with Crippen LogP contribution in [0.25, 0.3) is 0 Å². The van der Waals surface area contributed by atoms with Gasteiger partial charge in [0.1, 0.15) is 5.82 Å². The zero-order valence-corrected chi connectivity index (χ0v) is 11.3. The van der Waals surface area contributed by atoms with E-state index in [1.807, 2.05) is 0 Å². The highest BCUT2D eigenvalue weighted by Crippen LogP contribution is 2.21. The monoisotopic (exact) mass is 293 g/mol. The molecule has 0 saturated heterocycles. The molecule has 0 saturated carbocycles. The maximum absolute atomic E-state index is 12.7. The molecule has 0 heterocycles. The van der Waals surface area contributed by atoms with Gasteiger partial charge in [0.25, 0.3) is 0 Å². The molecule has 2 N–H and O–H groups in total. The molecule has 104 valence electrons.